The van der Waals surface area contributed by atoms with Crippen molar-refractivity contribution in [1.82, 2.24) is 25.4 Å². The van der Waals surface area contributed by atoms with Crippen molar-refractivity contribution in [1.29, 1.82) is 0 Å². The number of nitrogens with zero attached hydrogens (tertiary/aromatic N) is 3. The van der Waals surface area contributed by atoms with Gasteiger partial charge in [-0.15, -0.1) is 0 Å². The molecule has 2 amide bonds. The molecule has 0 aliphatic rings. The molecule has 1 heterocycles. The van der Waals surface area contributed by atoms with Gasteiger partial charge in [-0.05, 0) is 13.8 Å². The number of carboxylic acid groups (broad SMARTS) is 1. The van der Waals surface area contributed by atoms with Gasteiger partial charge in [0.2, 0.25) is 0 Å². The van der Waals surface area contributed by atoms with Crippen LogP contribution in [0.1, 0.15) is 26.1 Å². The lowest BCUT2D eigenvalue weighted by molar-refractivity contribution is -0.138. The van der Waals surface area contributed by atoms with Crippen molar-refractivity contribution in [3.8, 4) is 0 Å². The van der Waals surface area contributed by atoms with Crippen molar-refractivity contribution < 1.29 is 14.7 Å². The Bertz CT molecular complexity index is 406. The number of carbonyl (C=O) groups excluding carboxylic acids is 1. The fourth-order valence-electron chi connectivity index (χ4n) is 1.76. The number of aromatic amines is 1. The molecule has 1 aromatic rings. The lowest BCUT2D eigenvalue weighted by atomic mass is 10.2. The van der Waals surface area contributed by atoms with Gasteiger partial charge in [0.1, 0.15) is 12.2 Å². The molecule has 3 N–H and O–H groups in total. The largest absolute Gasteiger partial charge is 0.481 e. The number of carboxylic acids is 1. The number of aromatic nitrogens is 3. The molecule has 0 aliphatic carbocycles. The first-order chi connectivity index (χ1) is 9.04. The van der Waals surface area contributed by atoms with Crippen LogP contribution in [-0.4, -0.2) is 56.3 Å². The zero-order chi connectivity index (χ0) is 14.3. The van der Waals surface area contributed by atoms with Crippen molar-refractivity contribution in [2.24, 2.45) is 0 Å². The van der Waals surface area contributed by atoms with Gasteiger partial charge in [-0.25, -0.2) is 9.78 Å². The van der Waals surface area contributed by atoms with E-state index < -0.39 is 5.97 Å². The van der Waals surface area contributed by atoms with Crippen LogP contribution >= 0.6 is 0 Å². The van der Waals surface area contributed by atoms with Crippen LogP contribution in [0.2, 0.25) is 0 Å². The number of nitrogens with one attached hydrogen (secondary N) is 2. The third-order valence-corrected chi connectivity index (χ3v) is 2.71. The molecular formula is C11H19N5O3. The summed E-state index contributed by atoms with van der Waals surface area (Å²) in [5, 5.41) is 17.9. The summed E-state index contributed by atoms with van der Waals surface area (Å²) in [6.45, 7) is 4.41. The smallest absolute Gasteiger partial charge is 0.317 e. The van der Waals surface area contributed by atoms with Crippen molar-refractivity contribution in [2.75, 3.05) is 13.1 Å². The summed E-state index contributed by atoms with van der Waals surface area (Å²) in [5.41, 5.74) is 0. The number of amides is 2. The van der Waals surface area contributed by atoms with Crippen LogP contribution in [0.3, 0.4) is 0 Å². The lowest BCUT2D eigenvalue weighted by Gasteiger charge is -2.27. The number of urea groups is 1. The van der Waals surface area contributed by atoms with Gasteiger partial charge in [0.05, 0.1) is 6.42 Å². The van der Waals surface area contributed by atoms with Crippen LogP contribution in [0.15, 0.2) is 6.33 Å². The first-order valence-electron chi connectivity index (χ1n) is 6.15. The first-order valence-corrected chi connectivity index (χ1v) is 6.15. The second-order valence-corrected chi connectivity index (χ2v) is 4.15. The Hall–Kier alpha value is -2.12. The molecule has 0 saturated heterocycles. The summed E-state index contributed by atoms with van der Waals surface area (Å²) in [6.07, 6.45) is 1.89. The molecule has 1 aromatic heterocycles. The van der Waals surface area contributed by atoms with Gasteiger partial charge in [-0.3, -0.25) is 9.89 Å². The number of rotatable bonds is 7. The normalized spacial score (nSPS) is 11.9. The van der Waals surface area contributed by atoms with Crippen LogP contribution in [0, 0.1) is 0 Å². The number of hydrogen-bond donors (Lipinski definition) is 3. The maximum atomic E-state index is 11.9. The second kappa shape index (κ2) is 7.34. The average Bonchev–Trinajstić information content (AvgIpc) is 2.82. The fourth-order valence-corrected chi connectivity index (χ4v) is 1.76. The predicted octanol–water partition coefficient (Wildman–Crippen LogP) is 0.242. The number of aliphatic carboxylic acids is 1. The van der Waals surface area contributed by atoms with E-state index in [1.807, 2.05) is 6.92 Å². The highest BCUT2D eigenvalue weighted by Crippen LogP contribution is 2.04. The minimum Gasteiger partial charge on any atom is -0.481 e. The zero-order valence-electron chi connectivity index (χ0n) is 11.1. The van der Waals surface area contributed by atoms with E-state index in [2.05, 4.69) is 20.5 Å². The highest BCUT2D eigenvalue weighted by Gasteiger charge is 2.20. The zero-order valence-corrected chi connectivity index (χ0v) is 11.1. The molecule has 0 radical (unpaired) electrons. The Morgan fingerprint density at radius 1 is 1.58 bits per heavy atom. The SMILES string of the molecule is CCN(C(=O)NCCc1ncn[nH]1)C(C)CC(=O)O. The maximum Gasteiger partial charge on any atom is 0.317 e. The summed E-state index contributed by atoms with van der Waals surface area (Å²) in [5.74, 6) is -0.220. The summed E-state index contributed by atoms with van der Waals surface area (Å²) < 4.78 is 0. The van der Waals surface area contributed by atoms with E-state index in [0.717, 1.165) is 0 Å². The van der Waals surface area contributed by atoms with Gasteiger partial charge < -0.3 is 15.3 Å². The van der Waals surface area contributed by atoms with E-state index in [4.69, 9.17) is 5.11 Å². The number of hydrogen-bond acceptors (Lipinski definition) is 4. The Morgan fingerprint density at radius 2 is 2.32 bits per heavy atom. The van der Waals surface area contributed by atoms with E-state index >= 15 is 0 Å². The van der Waals surface area contributed by atoms with Crippen LogP contribution in [0.5, 0.6) is 0 Å². The Labute approximate surface area is 111 Å². The topological polar surface area (TPSA) is 111 Å². The summed E-state index contributed by atoms with van der Waals surface area (Å²) in [4.78, 5) is 28.0. The molecule has 1 atom stereocenters. The quantitative estimate of drug-likeness (QED) is 0.656. The third kappa shape index (κ3) is 4.94. The Kier molecular flexibility index (Phi) is 5.77. The molecule has 106 valence electrons. The standard InChI is InChI=1S/C11H19N5O3/c1-3-16(8(2)6-10(17)18)11(19)12-5-4-9-13-7-14-15-9/h7-8H,3-6H2,1-2H3,(H,12,19)(H,17,18)(H,13,14,15). The van der Waals surface area contributed by atoms with Crippen molar-refractivity contribution >= 4 is 12.0 Å². The molecule has 1 unspecified atom stereocenters. The summed E-state index contributed by atoms with van der Waals surface area (Å²) in [7, 11) is 0. The highest BCUT2D eigenvalue weighted by molar-refractivity contribution is 5.75. The monoisotopic (exact) mass is 269 g/mol. The van der Waals surface area contributed by atoms with E-state index in [-0.39, 0.29) is 18.5 Å². The van der Waals surface area contributed by atoms with E-state index in [0.29, 0.717) is 25.3 Å². The van der Waals surface area contributed by atoms with E-state index in [1.165, 1.54) is 11.2 Å². The van der Waals surface area contributed by atoms with Gasteiger partial charge in [0, 0.05) is 25.6 Å². The molecule has 1 rings (SSSR count). The molecular weight excluding hydrogens is 250 g/mol. The molecule has 0 fully saturated rings. The number of H-pyrrole nitrogens is 1. The van der Waals surface area contributed by atoms with Crippen LogP contribution in [0.25, 0.3) is 0 Å². The van der Waals surface area contributed by atoms with E-state index in [1.54, 1.807) is 6.92 Å². The van der Waals surface area contributed by atoms with E-state index in [9.17, 15) is 9.59 Å². The molecule has 0 spiro atoms. The van der Waals surface area contributed by atoms with Crippen molar-refractivity contribution in [3.05, 3.63) is 12.2 Å². The van der Waals surface area contributed by atoms with Gasteiger partial charge in [0.15, 0.2) is 0 Å². The molecule has 0 aromatic carbocycles. The predicted molar refractivity (Wildman–Crippen MR) is 67.6 cm³/mol. The molecule has 19 heavy (non-hydrogen) atoms. The molecule has 8 nitrogen and oxygen atoms in total. The second-order valence-electron chi connectivity index (χ2n) is 4.15. The number of carbonyl (C=O) groups is 2. The lowest BCUT2D eigenvalue weighted by Crippen LogP contribution is -2.46. The van der Waals surface area contributed by atoms with Crippen LogP contribution < -0.4 is 5.32 Å². The fraction of sp³-hybridized carbons (Fsp3) is 0.636. The molecule has 0 saturated carbocycles. The Balaban J connectivity index is 2.38. The summed E-state index contributed by atoms with van der Waals surface area (Å²) >= 11 is 0. The average molecular weight is 269 g/mol. The van der Waals surface area contributed by atoms with Gasteiger partial charge in [0.25, 0.3) is 0 Å². The summed E-state index contributed by atoms with van der Waals surface area (Å²) in [6, 6.07) is -0.608. The van der Waals surface area contributed by atoms with Gasteiger partial charge in [-0.2, -0.15) is 5.10 Å². The van der Waals surface area contributed by atoms with Crippen LogP contribution in [0.4, 0.5) is 4.79 Å². The maximum absolute atomic E-state index is 11.9. The molecule has 0 aliphatic heterocycles. The molecule has 8 heteroatoms. The van der Waals surface area contributed by atoms with Crippen molar-refractivity contribution in [2.45, 2.75) is 32.7 Å². The van der Waals surface area contributed by atoms with Crippen molar-refractivity contribution in [3.63, 3.8) is 0 Å². The minimum absolute atomic E-state index is 0.0661. The third-order valence-electron chi connectivity index (χ3n) is 2.71. The van der Waals surface area contributed by atoms with Gasteiger partial charge >= 0.3 is 12.0 Å². The Morgan fingerprint density at radius 3 is 2.84 bits per heavy atom. The molecule has 0 bridgehead atoms. The van der Waals surface area contributed by atoms with Crippen LogP contribution in [-0.2, 0) is 11.2 Å². The minimum atomic E-state index is -0.916. The highest BCUT2D eigenvalue weighted by atomic mass is 16.4. The van der Waals surface area contributed by atoms with Gasteiger partial charge in [-0.1, -0.05) is 0 Å². The first kappa shape index (κ1) is 14.9.